The summed E-state index contributed by atoms with van der Waals surface area (Å²) in [6.07, 6.45) is 0. The maximum atomic E-state index is 12.8. The van der Waals surface area contributed by atoms with Gasteiger partial charge >= 0.3 is 0 Å². The summed E-state index contributed by atoms with van der Waals surface area (Å²) < 4.78 is 22.5. The van der Waals surface area contributed by atoms with E-state index in [0.29, 0.717) is 43.7 Å². The van der Waals surface area contributed by atoms with Crippen LogP contribution in [0.4, 0.5) is 0 Å². The van der Waals surface area contributed by atoms with Crippen molar-refractivity contribution < 1.29 is 23.7 Å². The second-order valence-electron chi connectivity index (χ2n) is 7.69. The minimum atomic E-state index is -0.0911. The van der Waals surface area contributed by atoms with Crippen LogP contribution >= 0.6 is 11.6 Å². The summed E-state index contributed by atoms with van der Waals surface area (Å²) in [7, 11) is 1.61. The summed E-state index contributed by atoms with van der Waals surface area (Å²) in [6.45, 7) is 2.33. The van der Waals surface area contributed by atoms with Crippen molar-refractivity contribution in [2.75, 3.05) is 26.9 Å². The number of rotatable bonds is 8. The van der Waals surface area contributed by atoms with Gasteiger partial charge in [-0.1, -0.05) is 29.8 Å². The number of nitrogens with zero attached hydrogens (tertiary/aromatic N) is 1. The molecule has 172 valence electrons. The third-order valence-electron chi connectivity index (χ3n) is 5.33. The van der Waals surface area contributed by atoms with Gasteiger partial charge in [-0.3, -0.25) is 4.79 Å². The monoisotopic (exact) mass is 467 g/mol. The van der Waals surface area contributed by atoms with Gasteiger partial charge in [0.25, 0.3) is 5.91 Å². The topological polar surface area (TPSA) is 57.2 Å². The van der Waals surface area contributed by atoms with Crippen LogP contribution in [0.5, 0.6) is 17.2 Å². The van der Waals surface area contributed by atoms with E-state index in [1.54, 1.807) is 36.3 Å². The van der Waals surface area contributed by atoms with Crippen LogP contribution in [-0.4, -0.2) is 37.7 Å². The van der Waals surface area contributed by atoms with E-state index in [9.17, 15) is 4.79 Å². The molecular formula is C26H26ClNO5. The van der Waals surface area contributed by atoms with E-state index in [-0.39, 0.29) is 12.5 Å². The number of benzene rings is 3. The summed E-state index contributed by atoms with van der Waals surface area (Å²) in [5, 5.41) is 0.706. The zero-order valence-corrected chi connectivity index (χ0v) is 19.2. The molecule has 3 aromatic rings. The van der Waals surface area contributed by atoms with Gasteiger partial charge in [-0.25, -0.2) is 0 Å². The molecule has 0 unspecified atom stereocenters. The maximum absolute atomic E-state index is 12.8. The zero-order valence-electron chi connectivity index (χ0n) is 18.5. The lowest BCUT2D eigenvalue weighted by atomic mass is 10.1. The van der Waals surface area contributed by atoms with Crippen molar-refractivity contribution in [1.82, 2.24) is 4.90 Å². The lowest BCUT2D eigenvalue weighted by Crippen LogP contribution is -2.36. The van der Waals surface area contributed by atoms with Crippen LogP contribution < -0.4 is 14.2 Å². The second-order valence-corrected chi connectivity index (χ2v) is 8.13. The SMILES string of the molecule is COc1ccc(OCC(=O)N2CCOc3ccc(COCc4ccc(Cl)cc4)cc3C2)cc1. The molecule has 0 saturated carbocycles. The Hall–Kier alpha value is -3.22. The van der Waals surface area contributed by atoms with Crippen molar-refractivity contribution in [2.24, 2.45) is 0 Å². The lowest BCUT2D eigenvalue weighted by molar-refractivity contribution is -0.134. The van der Waals surface area contributed by atoms with Crippen LogP contribution in [0.15, 0.2) is 66.7 Å². The molecule has 1 amide bonds. The van der Waals surface area contributed by atoms with Crippen LogP contribution in [0.2, 0.25) is 5.02 Å². The largest absolute Gasteiger partial charge is 0.497 e. The first-order valence-corrected chi connectivity index (χ1v) is 11.1. The molecule has 1 heterocycles. The first-order chi connectivity index (χ1) is 16.1. The van der Waals surface area contributed by atoms with E-state index >= 15 is 0 Å². The Balaban J connectivity index is 1.33. The highest BCUT2D eigenvalue weighted by Crippen LogP contribution is 2.25. The van der Waals surface area contributed by atoms with E-state index in [1.807, 2.05) is 42.5 Å². The molecule has 1 aliphatic rings. The highest BCUT2D eigenvalue weighted by atomic mass is 35.5. The van der Waals surface area contributed by atoms with Crippen LogP contribution in [0, 0.1) is 0 Å². The van der Waals surface area contributed by atoms with E-state index in [4.69, 9.17) is 30.5 Å². The fourth-order valence-electron chi connectivity index (χ4n) is 3.53. The molecule has 0 radical (unpaired) electrons. The third-order valence-corrected chi connectivity index (χ3v) is 5.58. The van der Waals surface area contributed by atoms with Crippen LogP contribution in [0.1, 0.15) is 16.7 Å². The molecule has 0 aromatic heterocycles. The van der Waals surface area contributed by atoms with E-state index in [0.717, 1.165) is 28.2 Å². The molecule has 0 fully saturated rings. The molecule has 4 rings (SSSR count). The van der Waals surface area contributed by atoms with Gasteiger partial charge in [0.05, 0.1) is 26.9 Å². The van der Waals surface area contributed by atoms with Gasteiger partial charge in [-0.2, -0.15) is 0 Å². The van der Waals surface area contributed by atoms with Crippen LogP contribution in [0.25, 0.3) is 0 Å². The van der Waals surface area contributed by atoms with Crippen molar-refractivity contribution in [3.8, 4) is 17.2 Å². The number of carbonyl (C=O) groups is 1. The fraction of sp³-hybridized carbons (Fsp3) is 0.269. The molecule has 3 aromatic carbocycles. The molecule has 0 N–H and O–H groups in total. The molecule has 6 nitrogen and oxygen atoms in total. The highest BCUT2D eigenvalue weighted by molar-refractivity contribution is 6.30. The summed E-state index contributed by atoms with van der Waals surface area (Å²) >= 11 is 5.93. The van der Waals surface area contributed by atoms with Crippen molar-refractivity contribution in [1.29, 1.82) is 0 Å². The predicted octanol–water partition coefficient (Wildman–Crippen LogP) is 4.87. The van der Waals surface area contributed by atoms with Gasteiger partial charge in [0, 0.05) is 17.1 Å². The van der Waals surface area contributed by atoms with Crippen molar-refractivity contribution in [3.63, 3.8) is 0 Å². The quantitative estimate of drug-likeness (QED) is 0.473. The number of fused-ring (bicyclic) bond motifs is 1. The zero-order chi connectivity index (χ0) is 23.0. The van der Waals surface area contributed by atoms with Gasteiger partial charge in [-0.15, -0.1) is 0 Å². The molecule has 1 aliphatic heterocycles. The Kier molecular flexibility index (Phi) is 7.70. The summed E-state index contributed by atoms with van der Waals surface area (Å²) in [4.78, 5) is 14.5. The highest BCUT2D eigenvalue weighted by Gasteiger charge is 2.20. The normalized spacial score (nSPS) is 13.0. The smallest absolute Gasteiger partial charge is 0.260 e. The number of hydrogen-bond donors (Lipinski definition) is 0. The molecule has 7 heteroatoms. The van der Waals surface area contributed by atoms with Crippen molar-refractivity contribution >= 4 is 17.5 Å². The van der Waals surface area contributed by atoms with Crippen LogP contribution in [-0.2, 0) is 29.3 Å². The van der Waals surface area contributed by atoms with Crippen molar-refractivity contribution in [3.05, 3.63) is 88.4 Å². The van der Waals surface area contributed by atoms with E-state index in [1.165, 1.54) is 0 Å². The van der Waals surface area contributed by atoms with Crippen LogP contribution in [0.3, 0.4) is 0 Å². The fourth-order valence-corrected chi connectivity index (χ4v) is 3.65. The average Bonchev–Trinajstić information content (AvgIpc) is 3.06. The Bertz CT molecular complexity index is 1070. The Morgan fingerprint density at radius 3 is 2.42 bits per heavy atom. The molecular weight excluding hydrogens is 442 g/mol. The first-order valence-electron chi connectivity index (χ1n) is 10.7. The number of hydrogen-bond acceptors (Lipinski definition) is 5. The third kappa shape index (κ3) is 6.40. The first kappa shape index (κ1) is 23.0. The summed E-state index contributed by atoms with van der Waals surface area (Å²) in [6, 6.07) is 20.7. The molecule has 0 spiro atoms. The Morgan fingerprint density at radius 2 is 1.67 bits per heavy atom. The molecule has 0 bridgehead atoms. The lowest BCUT2D eigenvalue weighted by Gasteiger charge is -2.20. The molecule has 0 saturated heterocycles. The van der Waals surface area contributed by atoms with Crippen molar-refractivity contribution in [2.45, 2.75) is 19.8 Å². The standard InChI is InChI=1S/C26H26ClNO5/c1-30-23-7-9-24(10-8-23)33-18-26(29)28-12-13-32-25-11-4-20(14-21(25)15-28)17-31-16-19-2-5-22(27)6-3-19/h2-11,14H,12-13,15-18H2,1H3. The summed E-state index contributed by atoms with van der Waals surface area (Å²) in [5.74, 6) is 2.06. The minimum absolute atomic E-state index is 0.0362. The average molecular weight is 468 g/mol. The Morgan fingerprint density at radius 1 is 0.970 bits per heavy atom. The molecule has 0 atom stereocenters. The van der Waals surface area contributed by atoms with Gasteiger partial charge in [-0.05, 0) is 59.7 Å². The second kappa shape index (κ2) is 11.1. The number of methoxy groups -OCH3 is 1. The minimum Gasteiger partial charge on any atom is -0.497 e. The number of amides is 1. The van der Waals surface area contributed by atoms with Gasteiger partial charge in [0.1, 0.15) is 23.9 Å². The van der Waals surface area contributed by atoms with Gasteiger partial charge < -0.3 is 23.8 Å². The molecule has 33 heavy (non-hydrogen) atoms. The predicted molar refractivity (Wildman–Crippen MR) is 126 cm³/mol. The molecule has 0 aliphatic carbocycles. The number of ether oxygens (including phenoxy) is 4. The van der Waals surface area contributed by atoms with E-state index in [2.05, 4.69) is 0 Å². The van der Waals surface area contributed by atoms with Gasteiger partial charge in [0.2, 0.25) is 0 Å². The summed E-state index contributed by atoms with van der Waals surface area (Å²) in [5.41, 5.74) is 3.04. The Labute approximate surface area is 198 Å². The van der Waals surface area contributed by atoms with Gasteiger partial charge in [0.15, 0.2) is 6.61 Å². The number of halogens is 1. The number of carbonyl (C=O) groups excluding carboxylic acids is 1. The maximum Gasteiger partial charge on any atom is 0.260 e. The van der Waals surface area contributed by atoms with E-state index < -0.39 is 0 Å².